The van der Waals surface area contributed by atoms with Crippen LogP contribution >= 0.6 is 11.6 Å². The van der Waals surface area contributed by atoms with Gasteiger partial charge < -0.3 is 20.7 Å². The molecular formula is C26H32ClN9O3S. The van der Waals surface area contributed by atoms with Crippen molar-refractivity contribution in [1.82, 2.24) is 29.9 Å². The highest BCUT2D eigenvalue weighted by Crippen LogP contribution is 2.30. The minimum atomic E-state index is -2.93. The van der Waals surface area contributed by atoms with Gasteiger partial charge in [-0.2, -0.15) is 20.2 Å². The Morgan fingerprint density at radius 2 is 1.93 bits per heavy atom. The zero-order valence-electron chi connectivity index (χ0n) is 22.2. The maximum Gasteiger partial charge on any atom is 0.227 e. The van der Waals surface area contributed by atoms with Crippen LogP contribution in [0.4, 0.5) is 23.3 Å². The lowest BCUT2D eigenvalue weighted by atomic mass is 10.1. The molecule has 3 aromatic heterocycles. The zero-order valence-corrected chi connectivity index (χ0v) is 23.7. The fourth-order valence-electron chi connectivity index (χ4n) is 5.13. The van der Waals surface area contributed by atoms with E-state index in [1.807, 2.05) is 35.9 Å². The van der Waals surface area contributed by atoms with Crippen molar-refractivity contribution in [1.29, 1.82) is 0 Å². The summed E-state index contributed by atoms with van der Waals surface area (Å²) in [5.41, 5.74) is 3.45. The molecule has 5 heterocycles. The summed E-state index contributed by atoms with van der Waals surface area (Å²) in [4.78, 5) is 9.61. The lowest BCUT2D eigenvalue weighted by molar-refractivity contribution is 0.0673. The van der Waals surface area contributed by atoms with Crippen LogP contribution in [0, 0.1) is 6.92 Å². The summed E-state index contributed by atoms with van der Waals surface area (Å²) in [6, 6.07) is 7.96. The van der Waals surface area contributed by atoms with Crippen molar-refractivity contribution in [2.75, 3.05) is 40.7 Å². The van der Waals surface area contributed by atoms with Gasteiger partial charge in [0.15, 0.2) is 11.5 Å². The molecule has 0 amide bonds. The average Bonchev–Trinajstić information content (AvgIpc) is 3.56. The third-order valence-corrected chi connectivity index (χ3v) is 9.38. The van der Waals surface area contributed by atoms with Gasteiger partial charge in [-0.25, -0.2) is 13.1 Å². The van der Waals surface area contributed by atoms with Crippen molar-refractivity contribution in [3.05, 3.63) is 46.7 Å². The first-order chi connectivity index (χ1) is 19.3. The minimum absolute atomic E-state index is 0.0692. The third kappa shape index (κ3) is 6.01. The minimum Gasteiger partial charge on any atom is -0.381 e. The molecule has 0 unspecified atom stereocenters. The molecule has 0 aliphatic carbocycles. The van der Waals surface area contributed by atoms with Crippen LogP contribution in [0.2, 0.25) is 5.02 Å². The Balaban J connectivity index is 1.24. The van der Waals surface area contributed by atoms with Crippen molar-refractivity contribution in [2.45, 2.75) is 51.2 Å². The van der Waals surface area contributed by atoms with E-state index in [-0.39, 0.29) is 23.6 Å². The van der Waals surface area contributed by atoms with E-state index in [9.17, 15) is 8.42 Å². The smallest absolute Gasteiger partial charge is 0.227 e. The topological polar surface area (TPSA) is 152 Å². The van der Waals surface area contributed by atoms with Crippen molar-refractivity contribution < 1.29 is 13.2 Å². The Hall–Kier alpha value is -3.42. The van der Waals surface area contributed by atoms with E-state index in [1.165, 1.54) is 0 Å². The van der Waals surface area contributed by atoms with E-state index >= 15 is 0 Å². The quantitative estimate of drug-likeness (QED) is 0.237. The number of aromatic amines is 1. The number of rotatable bonds is 8. The first-order valence-corrected chi connectivity index (χ1v) is 15.6. The molecular weight excluding hydrogens is 554 g/mol. The van der Waals surface area contributed by atoms with Gasteiger partial charge >= 0.3 is 0 Å². The number of aromatic nitrogens is 6. The van der Waals surface area contributed by atoms with Gasteiger partial charge in [-0.05, 0) is 50.3 Å². The number of anilines is 4. The van der Waals surface area contributed by atoms with Gasteiger partial charge in [0.1, 0.15) is 15.7 Å². The summed E-state index contributed by atoms with van der Waals surface area (Å²) >= 11 is 6.47. The number of nitrogens with one attached hydrogen (secondary N) is 4. The van der Waals surface area contributed by atoms with Crippen LogP contribution in [0.3, 0.4) is 0 Å². The molecule has 4 aromatic rings. The summed E-state index contributed by atoms with van der Waals surface area (Å²) in [5.74, 6) is 2.12. The molecule has 0 saturated carbocycles. The number of H-pyrrole nitrogens is 1. The standard InChI is InChI=1S/C26H32ClN9O3S/c1-16-12-23(35-34-16)31-24-20-15-29-36(19-4-8-39-9-5-19)25(20)33-26(32-24)28-14-17-2-3-21(27)22(13-17)30-18-6-10-40(37,38)11-7-18/h2-3,12-13,15,18-19,30H,4-11,14H2,1H3,(H3,28,31,32,33,34,35). The molecule has 40 heavy (non-hydrogen) atoms. The Kier molecular flexibility index (Phi) is 7.51. The van der Waals surface area contributed by atoms with Gasteiger partial charge in [-0.15, -0.1) is 0 Å². The van der Waals surface area contributed by atoms with Crippen molar-refractivity contribution in [2.24, 2.45) is 0 Å². The predicted molar refractivity (Wildman–Crippen MR) is 155 cm³/mol. The number of ether oxygens (including phenoxy) is 1. The number of fused-ring (bicyclic) bond motifs is 1. The monoisotopic (exact) mass is 585 g/mol. The highest BCUT2D eigenvalue weighted by molar-refractivity contribution is 7.91. The highest BCUT2D eigenvalue weighted by Gasteiger charge is 2.24. The first-order valence-electron chi connectivity index (χ1n) is 13.4. The Bertz CT molecular complexity index is 1600. The summed E-state index contributed by atoms with van der Waals surface area (Å²) in [7, 11) is -2.93. The number of sulfone groups is 1. The summed E-state index contributed by atoms with van der Waals surface area (Å²) in [6.07, 6.45) is 4.68. The van der Waals surface area contributed by atoms with Gasteiger partial charge in [0.05, 0.1) is 39.8 Å². The molecule has 0 bridgehead atoms. The molecule has 12 nitrogen and oxygen atoms in total. The van der Waals surface area contributed by atoms with Gasteiger partial charge in [-0.1, -0.05) is 17.7 Å². The highest BCUT2D eigenvalue weighted by atomic mass is 35.5. The number of aryl methyl sites for hydroxylation is 1. The average molecular weight is 586 g/mol. The van der Waals surface area contributed by atoms with E-state index in [0.717, 1.165) is 40.8 Å². The Morgan fingerprint density at radius 3 is 2.67 bits per heavy atom. The van der Waals surface area contributed by atoms with Crippen molar-refractivity contribution >= 4 is 55.7 Å². The van der Waals surface area contributed by atoms with E-state index in [0.29, 0.717) is 55.2 Å². The van der Waals surface area contributed by atoms with Crippen LogP contribution in [0.15, 0.2) is 30.5 Å². The zero-order chi connectivity index (χ0) is 27.7. The fraction of sp³-hybridized carbons (Fsp3) is 0.462. The van der Waals surface area contributed by atoms with Gasteiger partial charge in [0, 0.05) is 37.6 Å². The maximum absolute atomic E-state index is 11.8. The summed E-state index contributed by atoms with van der Waals surface area (Å²) < 4.78 is 31.1. The van der Waals surface area contributed by atoms with Crippen LogP contribution in [0.1, 0.15) is 43.0 Å². The number of halogens is 1. The predicted octanol–water partition coefficient (Wildman–Crippen LogP) is 4.21. The molecule has 2 saturated heterocycles. The van der Waals surface area contributed by atoms with E-state index < -0.39 is 9.84 Å². The molecule has 212 valence electrons. The summed E-state index contributed by atoms with van der Waals surface area (Å²) in [5, 5.41) is 23.4. The normalized spacial score (nSPS) is 18.1. The second kappa shape index (κ2) is 11.2. The van der Waals surface area contributed by atoms with Crippen LogP contribution in [0.5, 0.6) is 0 Å². The number of hydrogen-bond acceptors (Lipinski definition) is 10. The number of nitrogens with zero attached hydrogens (tertiary/aromatic N) is 5. The van der Waals surface area contributed by atoms with Gasteiger partial charge in [-0.3, -0.25) is 5.10 Å². The van der Waals surface area contributed by atoms with Crippen LogP contribution in [-0.4, -0.2) is 69.1 Å². The SMILES string of the molecule is Cc1cc(Nc2nc(NCc3ccc(Cl)c(NC4CCS(=O)(=O)CC4)c3)nc3c2cnn3C2CCOCC2)n[nH]1. The van der Waals surface area contributed by atoms with E-state index in [1.54, 1.807) is 6.20 Å². The van der Waals surface area contributed by atoms with Crippen LogP contribution in [0.25, 0.3) is 11.0 Å². The van der Waals surface area contributed by atoms with Gasteiger partial charge in [0.2, 0.25) is 5.95 Å². The van der Waals surface area contributed by atoms with E-state index in [4.69, 9.17) is 26.3 Å². The third-order valence-electron chi connectivity index (χ3n) is 7.34. The van der Waals surface area contributed by atoms with Gasteiger partial charge in [0.25, 0.3) is 0 Å². The second-order valence-corrected chi connectivity index (χ2v) is 13.1. The molecule has 0 spiro atoms. The number of benzene rings is 1. The molecule has 0 radical (unpaired) electrons. The largest absolute Gasteiger partial charge is 0.381 e. The Morgan fingerprint density at radius 1 is 1.12 bits per heavy atom. The fourth-order valence-corrected chi connectivity index (χ4v) is 6.79. The number of hydrogen-bond donors (Lipinski definition) is 4. The molecule has 4 N–H and O–H groups in total. The summed E-state index contributed by atoms with van der Waals surface area (Å²) in [6.45, 7) is 3.80. The molecule has 2 aliphatic heterocycles. The molecule has 14 heteroatoms. The van der Waals surface area contributed by atoms with Crippen LogP contribution < -0.4 is 16.0 Å². The van der Waals surface area contributed by atoms with Crippen molar-refractivity contribution in [3.8, 4) is 0 Å². The van der Waals surface area contributed by atoms with Crippen molar-refractivity contribution in [3.63, 3.8) is 0 Å². The molecule has 2 aliphatic rings. The molecule has 1 aromatic carbocycles. The molecule has 0 atom stereocenters. The van der Waals surface area contributed by atoms with E-state index in [2.05, 4.69) is 31.2 Å². The molecule has 2 fully saturated rings. The molecule has 6 rings (SSSR count). The first kappa shape index (κ1) is 26.8. The Labute approximate surface area is 237 Å². The lowest BCUT2D eigenvalue weighted by Gasteiger charge is -2.25. The maximum atomic E-state index is 11.8. The lowest BCUT2D eigenvalue weighted by Crippen LogP contribution is -2.32. The van der Waals surface area contributed by atoms with Crippen LogP contribution in [-0.2, 0) is 21.1 Å². The second-order valence-electron chi connectivity index (χ2n) is 10.4.